The fourth-order valence-corrected chi connectivity index (χ4v) is 3.19. The minimum absolute atomic E-state index is 0.220. The molecule has 0 bridgehead atoms. The molecular formula is C22H20N4O. The van der Waals surface area contributed by atoms with Gasteiger partial charge in [-0.15, -0.1) is 10.2 Å². The van der Waals surface area contributed by atoms with Crippen LogP contribution in [-0.2, 0) is 0 Å². The molecule has 0 amide bonds. The van der Waals surface area contributed by atoms with E-state index in [0.29, 0.717) is 11.5 Å². The number of aromatic hydroxyl groups is 1. The smallest absolute Gasteiger partial charge is 0.187 e. The summed E-state index contributed by atoms with van der Waals surface area (Å²) in [6.07, 6.45) is 1.94. The van der Waals surface area contributed by atoms with Gasteiger partial charge in [0, 0.05) is 11.8 Å². The second-order valence-electron chi connectivity index (χ2n) is 6.70. The zero-order valence-corrected chi connectivity index (χ0v) is 15.5. The van der Waals surface area contributed by atoms with E-state index < -0.39 is 0 Å². The minimum atomic E-state index is 0.220. The Bertz CT molecular complexity index is 1170. The summed E-state index contributed by atoms with van der Waals surface area (Å²) in [5, 5.41) is 18.6. The molecule has 2 aromatic carbocycles. The van der Waals surface area contributed by atoms with Gasteiger partial charge in [-0.25, -0.2) is 4.98 Å². The Labute approximate surface area is 157 Å². The van der Waals surface area contributed by atoms with Gasteiger partial charge in [-0.2, -0.15) is 0 Å². The van der Waals surface area contributed by atoms with Crippen LogP contribution in [0.25, 0.3) is 16.9 Å². The first-order chi connectivity index (χ1) is 13.0. The molecule has 27 heavy (non-hydrogen) atoms. The summed E-state index contributed by atoms with van der Waals surface area (Å²) in [7, 11) is 0. The van der Waals surface area contributed by atoms with Crippen LogP contribution in [0.2, 0.25) is 0 Å². The van der Waals surface area contributed by atoms with Gasteiger partial charge in [0.1, 0.15) is 17.1 Å². The minimum Gasteiger partial charge on any atom is -0.508 e. The summed E-state index contributed by atoms with van der Waals surface area (Å²) < 4.78 is 1.94. The fraction of sp³-hybridized carbons (Fsp3) is 0.136. The molecule has 0 unspecified atom stereocenters. The van der Waals surface area contributed by atoms with Crippen molar-refractivity contribution in [1.29, 1.82) is 0 Å². The third-order valence-corrected chi connectivity index (χ3v) is 4.57. The number of hydrogen-bond acceptors (Lipinski definition) is 4. The van der Waals surface area contributed by atoms with Crippen molar-refractivity contribution in [2.75, 3.05) is 0 Å². The lowest BCUT2D eigenvalue weighted by molar-refractivity contribution is 0.475. The summed E-state index contributed by atoms with van der Waals surface area (Å²) in [4.78, 5) is 4.79. The number of phenols is 1. The van der Waals surface area contributed by atoms with Gasteiger partial charge >= 0.3 is 0 Å². The van der Waals surface area contributed by atoms with Crippen molar-refractivity contribution >= 4 is 17.2 Å². The highest BCUT2D eigenvalue weighted by atomic mass is 16.3. The molecule has 5 heteroatoms. The van der Waals surface area contributed by atoms with Gasteiger partial charge in [-0.3, -0.25) is 4.40 Å². The van der Waals surface area contributed by atoms with Gasteiger partial charge in [-0.05, 0) is 62.2 Å². The number of imidazole rings is 1. The molecule has 4 rings (SSSR count). The van der Waals surface area contributed by atoms with Crippen molar-refractivity contribution in [1.82, 2.24) is 9.38 Å². The van der Waals surface area contributed by atoms with Crippen molar-refractivity contribution in [3.05, 3.63) is 77.5 Å². The summed E-state index contributed by atoms with van der Waals surface area (Å²) >= 11 is 0. The van der Waals surface area contributed by atoms with Crippen molar-refractivity contribution in [3.8, 4) is 17.0 Å². The van der Waals surface area contributed by atoms with Crippen LogP contribution in [-0.4, -0.2) is 14.5 Å². The van der Waals surface area contributed by atoms with Gasteiger partial charge < -0.3 is 5.11 Å². The number of nitrogens with zero attached hydrogens (tertiary/aromatic N) is 4. The molecule has 0 aliphatic heterocycles. The monoisotopic (exact) mass is 356 g/mol. The lowest BCUT2D eigenvalue weighted by Gasteiger charge is -2.05. The van der Waals surface area contributed by atoms with E-state index >= 15 is 0 Å². The first-order valence-electron chi connectivity index (χ1n) is 8.79. The molecule has 134 valence electrons. The molecule has 0 aliphatic rings. The lowest BCUT2D eigenvalue weighted by atomic mass is 10.0. The van der Waals surface area contributed by atoms with Gasteiger partial charge in [0.25, 0.3) is 0 Å². The lowest BCUT2D eigenvalue weighted by Crippen LogP contribution is -1.86. The molecule has 5 nitrogen and oxygen atoms in total. The fourth-order valence-electron chi connectivity index (χ4n) is 3.19. The van der Waals surface area contributed by atoms with E-state index in [9.17, 15) is 5.11 Å². The Balaban J connectivity index is 1.89. The number of pyridine rings is 1. The maximum absolute atomic E-state index is 9.59. The van der Waals surface area contributed by atoms with Crippen LogP contribution in [0.4, 0.5) is 11.5 Å². The highest BCUT2D eigenvalue weighted by Crippen LogP contribution is 2.35. The predicted molar refractivity (Wildman–Crippen MR) is 107 cm³/mol. The van der Waals surface area contributed by atoms with Crippen LogP contribution in [0, 0.1) is 20.8 Å². The van der Waals surface area contributed by atoms with Crippen molar-refractivity contribution in [3.63, 3.8) is 0 Å². The van der Waals surface area contributed by atoms with Crippen LogP contribution >= 0.6 is 0 Å². The molecule has 1 N–H and O–H groups in total. The summed E-state index contributed by atoms with van der Waals surface area (Å²) in [6.45, 7) is 6.06. The molecule has 0 fully saturated rings. The van der Waals surface area contributed by atoms with Crippen molar-refractivity contribution < 1.29 is 5.11 Å². The first-order valence-corrected chi connectivity index (χ1v) is 8.79. The van der Waals surface area contributed by atoms with E-state index in [1.807, 2.05) is 35.7 Å². The van der Waals surface area contributed by atoms with Crippen LogP contribution in [0.5, 0.6) is 5.75 Å². The standard InChI is InChI=1S/C22H20N4O/c1-14-7-9-18(15(2)12-14)21-22(26-11-5-4-6-20(26)23-21)25-24-19-10-8-17(27)13-16(19)3/h4-13,27H,1-3H3. The number of aromatic nitrogens is 2. The maximum Gasteiger partial charge on any atom is 0.187 e. The summed E-state index contributed by atoms with van der Waals surface area (Å²) in [5.41, 5.74) is 6.60. The largest absolute Gasteiger partial charge is 0.508 e. The molecule has 0 saturated heterocycles. The molecule has 0 radical (unpaired) electrons. The average molecular weight is 356 g/mol. The molecule has 2 heterocycles. The Kier molecular flexibility index (Phi) is 4.20. The average Bonchev–Trinajstić information content (AvgIpc) is 2.99. The van der Waals surface area contributed by atoms with E-state index in [2.05, 4.69) is 42.3 Å². The highest BCUT2D eigenvalue weighted by Gasteiger charge is 2.15. The van der Waals surface area contributed by atoms with E-state index in [1.54, 1.807) is 18.2 Å². The second-order valence-corrected chi connectivity index (χ2v) is 6.70. The number of aryl methyl sites for hydroxylation is 3. The zero-order chi connectivity index (χ0) is 19.0. The Hall–Kier alpha value is -3.47. The topological polar surface area (TPSA) is 62.2 Å². The number of hydrogen-bond donors (Lipinski definition) is 1. The third kappa shape index (κ3) is 3.19. The molecular weight excluding hydrogens is 336 g/mol. The first kappa shape index (κ1) is 17.0. The summed E-state index contributed by atoms with van der Waals surface area (Å²) in [5.74, 6) is 0.905. The quantitative estimate of drug-likeness (QED) is 0.454. The highest BCUT2D eigenvalue weighted by molar-refractivity contribution is 5.76. The molecule has 0 aliphatic carbocycles. The van der Waals surface area contributed by atoms with E-state index in [4.69, 9.17) is 4.98 Å². The molecule has 4 aromatic rings. The Morgan fingerprint density at radius 1 is 0.889 bits per heavy atom. The normalized spacial score (nSPS) is 11.5. The van der Waals surface area contributed by atoms with Crippen molar-refractivity contribution in [2.45, 2.75) is 20.8 Å². The number of fused-ring (bicyclic) bond motifs is 1. The van der Waals surface area contributed by atoms with E-state index in [1.165, 1.54) is 5.56 Å². The van der Waals surface area contributed by atoms with Crippen LogP contribution in [0.3, 0.4) is 0 Å². The van der Waals surface area contributed by atoms with Crippen LogP contribution in [0.15, 0.2) is 71.0 Å². The number of rotatable bonds is 3. The molecule has 0 atom stereocenters. The zero-order valence-electron chi connectivity index (χ0n) is 15.5. The van der Waals surface area contributed by atoms with E-state index in [0.717, 1.165) is 28.0 Å². The van der Waals surface area contributed by atoms with E-state index in [-0.39, 0.29) is 5.75 Å². The van der Waals surface area contributed by atoms with Gasteiger partial charge in [0.15, 0.2) is 5.82 Å². The molecule has 2 aromatic heterocycles. The second kappa shape index (κ2) is 6.68. The molecule has 0 saturated carbocycles. The third-order valence-electron chi connectivity index (χ3n) is 4.57. The van der Waals surface area contributed by atoms with Gasteiger partial charge in [-0.1, -0.05) is 29.8 Å². The SMILES string of the molecule is Cc1ccc(-c2nc3ccccn3c2N=Nc2ccc(O)cc2C)c(C)c1. The number of benzene rings is 2. The molecule has 0 spiro atoms. The summed E-state index contributed by atoms with van der Waals surface area (Å²) in [6, 6.07) is 17.2. The number of azo groups is 1. The number of phenolic OH excluding ortho intramolecular Hbond substituents is 1. The Morgan fingerprint density at radius 3 is 2.52 bits per heavy atom. The predicted octanol–water partition coefficient (Wildman–Crippen LogP) is 6.05. The van der Waals surface area contributed by atoms with Crippen LogP contribution < -0.4 is 0 Å². The maximum atomic E-state index is 9.59. The van der Waals surface area contributed by atoms with Gasteiger partial charge in [0.05, 0.1) is 5.69 Å². The van der Waals surface area contributed by atoms with Crippen molar-refractivity contribution in [2.24, 2.45) is 10.2 Å². The van der Waals surface area contributed by atoms with Crippen LogP contribution in [0.1, 0.15) is 16.7 Å². The Morgan fingerprint density at radius 2 is 1.74 bits per heavy atom. The van der Waals surface area contributed by atoms with Gasteiger partial charge in [0.2, 0.25) is 0 Å².